The molecule has 0 spiro atoms. The van der Waals surface area contributed by atoms with Crippen LogP contribution in [0.1, 0.15) is 310 Å². The smallest absolute Gasteiger partial charge is 0.306 e. The molecule has 0 aromatic heterocycles. The van der Waals surface area contributed by atoms with Gasteiger partial charge in [-0.2, -0.15) is 0 Å². The Kier molecular flexibility index (Phi) is 63.6. The molecule has 0 aliphatic rings. The van der Waals surface area contributed by atoms with Gasteiger partial charge in [-0.1, -0.05) is 297 Å². The summed E-state index contributed by atoms with van der Waals surface area (Å²) in [7, 11) is 1.17. The molecule has 1 N–H and O–H groups in total. The SMILES string of the molecule is CC/C=C\C/C=C\C/C=C\C/C=C\C/C=C\C/C=C\CCCCCCCCCCC(=O)NC(COP(=O)([O-])OCC[N+](C)(C)C)C(/C=C\CCCCCCCCCCCC)OC(=O)CCCCCCCCCCCC/C=C\C/C=C\C/C=C\CCCCC. The highest BCUT2D eigenvalue weighted by Gasteiger charge is 2.27. The molecular weight excluding hydrogens is 1110 g/mol. The molecule has 88 heavy (non-hydrogen) atoms. The number of esters is 1. The molecule has 0 radical (unpaired) electrons. The lowest BCUT2D eigenvalue weighted by molar-refractivity contribution is -0.870. The van der Waals surface area contributed by atoms with E-state index in [-0.39, 0.29) is 24.9 Å². The van der Waals surface area contributed by atoms with E-state index in [9.17, 15) is 19.0 Å². The third-order valence-corrected chi connectivity index (χ3v) is 16.6. The van der Waals surface area contributed by atoms with Crippen molar-refractivity contribution in [1.29, 1.82) is 0 Å². The van der Waals surface area contributed by atoms with Gasteiger partial charge < -0.3 is 28.5 Å². The van der Waals surface area contributed by atoms with E-state index in [1.165, 1.54) is 141 Å². The number of hydrogen-bond donors (Lipinski definition) is 1. The second-order valence-corrected chi connectivity index (χ2v) is 26.8. The first-order valence-corrected chi connectivity index (χ1v) is 37.8. The van der Waals surface area contributed by atoms with E-state index in [4.69, 9.17) is 13.8 Å². The van der Waals surface area contributed by atoms with Crippen molar-refractivity contribution in [1.82, 2.24) is 5.32 Å². The van der Waals surface area contributed by atoms with Crippen LogP contribution < -0.4 is 10.2 Å². The molecule has 0 aromatic carbocycles. The third-order valence-electron chi connectivity index (χ3n) is 15.6. The molecule has 0 aromatic rings. The summed E-state index contributed by atoms with van der Waals surface area (Å²) in [4.78, 5) is 40.2. The highest BCUT2D eigenvalue weighted by Crippen LogP contribution is 2.38. The number of unbranched alkanes of at least 4 members (excludes halogenated alkanes) is 31. The lowest BCUT2D eigenvalue weighted by atomic mass is 10.0. The van der Waals surface area contributed by atoms with Crippen molar-refractivity contribution in [2.75, 3.05) is 40.9 Å². The number of phosphoric ester groups is 1. The first-order chi connectivity index (χ1) is 42.9. The summed E-state index contributed by atoms with van der Waals surface area (Å²) in [5, 5.41) is 3.04. The lowest BCUT2D eigenvalue weighted by Gasteiger charge is -2.30. The zero-order chi connectivity index (χ0) is 64.2. The minimum Gasteiger partial charge on any atom is -0.756 e. The number of hydrogen-bond acceptors (Lipinski definition) is 7. The maximum Gasteiger partial charge on any atom is 0.306 e. The largest absolute Gasteiger partial charge is 0.756 e. The molecule has 0 saturated carbocycles. The Morgan fingerprint density at radius 2 is 0.727 bits per heavy atom. The van der Waals surface area contributed by atoms with Gasteiger partial charge in [-0.15, -0.1) is 0 Å². The second-order valence-electron chi connectivity index (χ2n) is 25.4. The predicted molar refractivity (Wildman–Crippen MR) is 380 cm³/mol. The van der Waals surface area contributed by atoms with Gasteiger partial charge in [0, 0.05) is 12.8 Å². The van der Waals surface area contributed by atoms with Gasteiger partial charge in [0.1, 0.15) is 19.3 Å². The van der Waals surface area contributed by atoms with Crippen LogP contribution in [0.4, 0.5) is 0 Å². The van der Waals surface area contributed by atoms with E-state index in [0.29, 0.717) is 17.4 Å². The molecule has 0 aliphatic heterocycles. The Balaban J connectivity index is 5.09. The minimum absolute atomic E-state index is 0.0302. The predicted octanol–water partition coefficient (Wildman–Crippen LogP) is 22.8. The van der Waals surface area contributed by atoms with Gasteiger partial charge in [0.25, 0.3) is 7.82 Å². The minimum atomic E-state index is -4.72. The van der Waals surface area contributed by atoms with Crippen molar-refractivity contribution in [2.45, 2.75) is 322 Å². The van der Waals surface area contributed by atoms with Gasteiger partial charge in [-0.25, -0.2) is 0 Å². The lowest BCUT2D eigenvalue weighted by Crippen LogP contribution is -2.47. The fourth-order valence-corrected chi connectivity index (χ4v) is 10.8. The number of likely N-dealkylation sites (N-methyl/N-ethyl adjacent to an activating group) is 1. The topological polar surface area (TPSA) is 114 Å². The third kappa shape index (κ3) is 66.8. The van der Waals surface area contributed by atoms with Crippen molar-refractivity contribution in [3.05, 3.63) is 122 Å². The van der Waals surface area contributed by atoms with Gasteiger partial charge in [-0.05, 0) is 122 Å². The van der Waals surface area contributed by atoms with Gasteiger partial charge in [0.05, 0.1) is 33.8 Å². The van der Waals surface area contributed by atoms with Crippen LogP contribution in [-0.2, 0) is 27.9 Å². The number of amides is 1. The van der Waals surface area contributed by atoms with Gasteiger partial charge in [-0.3, -0.25) is 14.2 Å². The summed E-state index contributed by atoms with van der Waals surface area (Å²) in [6, 6.07) is -0.904. The molecule has 0 fully saturated rings. The van der Waals surface area contributed by atoms with Crippen LogP contribution in [0, 0.1) is 0 Å². The van der Waals surface area contributed by atoms with Crippen molar-refractivity contribution < 1.29 is 37.3 Å². The molecule has 3 atom stereocenters. The Morgan fingerprint density at radius 3 is 1.11 bits per heavy atom. The highest BCUT2D eigenvalue weighted by atomic mass is 31.2. The number of rotatable bonds is 65. The zero-order valence-electron chi connectivity index (χ0n) is 57.9. The molecule has 0 heterocycles. The number of ether oxygens (including phenoxy) is 1. The highest BCUT2D eigenvalue weighted by molar-refractivity contribution is 7.45. The number of quaternary nitrogens is 1. The Labute approximate surface area is 543 Å². The summed E-state index contributed by atoms with van der Waals surface area (Å²) in [5.41, 5.74) is 0. The fourth-order valence-electron chi connectivity index (χ4n) is 10.1. The van der Waals surface area contributed by atoms with Crippen LogP contribution in [0.25, 0.3) is 0 Å². The number of allylic oxidation sites excluding steroid dienone is 19. The van der Waals surface area contributed by atoms with Gasteiger partial charge in [0.2, 0.25) is 5.91 Å². The molecule has 10 heteroatoms. The molecule has 1 amide bonds. The molecule has 0 rings (SSSR count). The molecule has 0 aliphatic carbocycles. The normalized spacial score (nSPS) is 14.2. The number of nitrogens with one attached hydrogen (secondary N) is 1. The van der Waals surface area contributed by atoms with Crippen LogP contribution in [0.2, 0.25) is 0 Å². The van der Waals surface area contributed by atoms with Crippen molar-refractivity contribution >= 4 is 19.7 Å². The number of carbonyl (C=O) groups is 2. The number of nitrogens with zero attached hydrogens (tertiary/aromatic N) is 1. The van der Waals surface area contributed by atoms with E-state index in [2.05, 4.69) is 135 Å². The number of phosphoric acid groups is 1. The van der Waals surface area contributed by atoms with E-state index < -0.39 is 26.6 Å². The first kappa shape index (κ1) is 84.4. The second kappa shape index (κ2) is 66.3. The number of carbonyl (C=O) groups excluding carboxylic acids is 2. The fraction of sp³-hybridized carbons (Fsp3) is 0.718. The molecule has 0 saturated heterocycles. The maximum absolute atomic E-state index is 13.6. The quantitative estimate of drug-likeness (QED) is 0.0212. The van der Waals surface area contributed by atoms with Crippen LogP contribution in [0.3, 0.4) is 0 Å². The van der Waals surface area contributed by atoms with E-state index >= 15 is 0 Å². The Hall–Kier alpha value is -3.59. The van der Waals surface area contributed by atoms with Crippen molar-refractivity contribution in [3.8, 4) is 0 Å². The van der Waals surface area contributed by atoms with Gasteiger partial charge in [0.15, 0.2) is 0 Å². The van der Waals surface area contributed by atoms with Crippen LogP contribution >= 0.6 is 7.82 Å². The van der Waals surface area contributed by atoms with Crippen LogP contribution in [0.5, 0.6) is 0 Å². The first-order valence-electron chi connectivity index (χ1n) is 36.3. The monoisotopic (exact) mass is 1250 g/mol. The zero-order valence-corrected chi connectivity index (χ0v) is 58.8. The molecule has 9 nitrogen and oxygen atoms in total. The van der Waals surface area contributed by atoms with Crippen LogP contribution in [0.15, 0.2) is 122 Å². The van der Waals surface area contributed by atoms with E-state index in [1.54, 1.807) is 0 Å². The summed E-state index contributed by atoms with van der Waals surface area (Å²) < 4.78 is 30.5. The summed E-state index contributed by atoms with van der Waals surface area (Å²) in [6.45, 7) is 6.71. The standard InChI is InChI=1S/C78H137N2O7P/c1-7-10-13-16-19-22-25-28-30-32-34-36-38-39-40-41-43-44-46-48-50-52-55-58-61-64-67-70-77(81)79-75(74-86-88(83,84)85-73-72-80(4,5)6)76(69-66-63-60-57-54-27-24-21-18-15-12-9-3)87-78(82)71-68-65-62-59-56-53-51-49-47-45-42-37-35-33-31-29-26-23-20-17-14-11-8-2/h10,13,19-20,22-23,28-31,34-37,39-40,43-44,66,69,75-76H,7-9,11-12,14-18,21,24-27,32-33,38,41-42,45-65,67-68,70-74H2,1-6H3,(H-,79,81,83,84)/b13-10-,22-19-,23-20-,30-28-,31-29-,36-34-,37-35-,40-39-,44-43-,69-66-. The van der Waals surface area contributed by atoms with Crippen molar-refractivity contribution in [3.63, 3.8) is 0 Å². The van der Waals surface area contributed by atoms with Crippen molar-refractivity contribution in [2.24, 2.45) is 0 Å². The summed E-state index contributed by atoms with van der Waals surface area (Å²) >= 11 is 0. The summed E-state index contributed by atoms with van der Waals surface area (Å²) in [5.74, 6) is -0.555. The summed E-state index contributed by atoms with van der Waals surface area (Å²) in [6.07, 6.45) is 93.2. The Bertz CT molecular complexity index is 1920. The molecule has 506 valence electrons. The Morgan fingerprint density at radius 1 is 0.409 bits per heavy atom. The van der Waals surface area contributed by atoms with Crippen LogP contribution in [-0.4, -0.2) is 69.4 Å². The van der Waals surface area contributed by atoms with E-state index in [1.807, 2.05) is 33.3 Å². The molecule has 3 unspecified atom stereocenters. The molecular formula is C78H137N2O7P. The van der Waals surface area contributed by atoms with Gasteiger partial charge >= 0.3 is 5.97 Å². The average molecular weight is 1250 g/mol. The van der Waals surface area contributed by atoms with E-state index in [0.717, 1.165) is 135 Å². The maximum atomic E-state index is 13.6. The average Bonchev–Trinajstić information content (AvgIpc) is 3.66. The molecule has 0 bridgehead atoms.